The first kappa shape index (κ1) is 57.9. The highest BCUT2D eigenvalue weighted by molar-refractivity contribution is 7.48. The predicted octanol–water partition coefficient (Wildman–Crippen LogP) is 14.0. The van der Waals surface area contributed by atoms with Crippen LogP contribution >= 0.6 is 15.6 Å². The van der Waals surface area contributed by atoms with E-state index in [1.165, 1.54) is 12.8 Å². The Balaban J connectivity index is 0.000000250. The van der Waals surface area contributed by atoms with Gasteiger partial charge in [-0.25, -0.2) is 18.2 Å². The van der Waals surface area contributed by atoms with Crippen LogP contribution < -0.4 is 20.6 Å². The van der Waals surface area contributed by atoms with Crippen molar-refractivity contribution >= 4 is 15.6 Å². The van der Waals surface area contributed by atoms with E-state index in [1.807, 2.05) is 129 Å². The molecular weight excluding hydrogens is 979 g/mol. The van der Waals surface area contributed by atoms with E-state index in [9.17, 15) is 18.7 Å². The maximum atomic E-state index is 13.7. The maximum absolute atomic E-state index is 13.7. The molecule has 2 aliphatic rings. The molecule has 0 amide bonds. The second-order valence-corrected chi connectivity index (χ2v) is 23.2. The topological polar surface area (TPSA) is 196 Å². The van der Waals surface area contributed by atoms with Crippen molar-refractivity contribution in [2.75, 3.05) is 13.6 Å². The summed E-state index contributed by atoms with van der Waals surface area (Å²) in [6.45, 7) is 12.2. The summed E-state index contributed by atoms with van der Waals surface area (Å²) in [5, 5.41) is 0. The van der Waals surface area contributed by atoms with Crippen LogP contribution in [0.15, 0.2) is 143 Å². The molecule has 16 heteroatoms. The highest BCUT2D eigenvalue weighted by Crippen LogP contribution is 2.51. The summed E-state index contributed by atoms with van der Waals surface area (Å²) in [6.07, 6.45) is 10.6. The largest absolute Gasteiger partial charge is 0.478 e. The van der Waals surface area contributed by atoms with Crippen LogP contribution in [-0.2, 0) is 53.3 Å². The van der Waals surface area contributed by atoms with Gasteiger partial charge in [-0.15, -0.1) is 0 Å². The van der Waals surface area contributed by atoms with Crippen molar-refractivity contribution in [1.29, 1.82) is 0 Å². The molecule has 398 valence electrons. The molecule has 6 aromatic rings. The van der Waals surface area contributed by atoms with Gasteiger partial charge in [-0.2, -0.15) is 0 Å². The van der Waals surface area contributed by atoms with Gasteiger partial charge in [-0.05, 0) is 109 Å². The first-order valence-corrected chi connectivity index (χ1v) is 28.6. The Bertz CT molecular complexity index is 2800. The number of nitrogens with one attached hydrogen (secondary N) is 2. The minimum absolute atomic E-state index is 0.0372. The standard InChI is InChI=1S/C35H40NO6P.C21H28NO6P.C2H6/c1-35(2)20-18-27(19-21-35)22-31-23-32(33(34(37)36-31)30-16-10-5-11-17-30)39-26-42-43(38,40-24-28-12-6-3-7-13-28)41-25-29-14-8-4-9-15-29;1-21(2)10-8-15(9-11-21)12-17-13-18(27-14-28-29(24,25)26)19(20(23)22-17)16-6-4-3-5-7-16;1-2/h3-17,23,27H,18-22,24-26H2,1-2H3,(H,36,37);3-7,13,15H,8-12,14H2,1-2H3,(H,22,23)(H2,24,25,26);1-2H3. The first-order valence-electron chi connectivity index (χ1n) is 25.6. The fourth-order valence-corrected chi connectivity index (χ4v) is 10.4. The zero-order valence-corrected chi connectivity index (χ0v) is 45.4. The van der Waals surface area contributed by atoms with Gasteiger partial charge in [0.25, 0.3) is 11.1 Å². The number of ether oxygens (including phenoxy) is 2. The normalized spacial score (nSPS) is 15.7. The number of pyridine rings is 2. The average molecular weight is 1050 g/mol. The Hall–Kier alpha value is -5.40. The number of aromatic amines is 2. The Kier molecular flexibility index (Phi) is 21.4. The molecule has 0 unspecified atom stereocenters. The summed E-state index contributed by atoms with van der Waals surface area (Å²) in [7, 11) is -8.72. The minimum atomic E-state index is -4.67. The highest BCUT2D eigenvalue weighted by Gasteiger charge is 2.31. The van der Waals surface area contributed by atoms with Gasteiger partial charge in [0.1, 0.15) is 11.5 Å². The number of hydrogen-bond donors (Lipinski definition) is 4. The molecule has 2 aliphatic carbocycles. The smallest absolute Gasteiger partial charge is 0.466 e. The van der Waals surface area contributed by atoms with Gasteiger partial charge in [0.05, 0.1) is 24.3 Å². The van der Waals surface area contributed by atoms with E-state index in [0.29, 0.717) is 50.7 Å². The van der Waals surface area contributed by atoms with Crippen LogP contribution in [0.1, 0.15) is 115 Å². The summed E-state index contributed by atoms with van der Waals surface area (Å²) in [4.78, 5) is 50.1. The Morgan fingerprint density at radius 3 is 1.20 bits per heavy atom. The molecule has 0 aliphatic heterocycles. The third-order valence-corrected chi connectivity index (χ3v) is 15.2. The number of hydrogen-bond acceptors (Lipinski definition) is 10. The van der Waals surface area contributed by atoms with Crippen molar-refractivity contribution in [3.63, 3.8) is 0 Å². The lowest BCUT2D eigenvalue weighted by Gasteiger charge is -2.34. The maximum Gasteiger partial charge on any atom is 0.478 e. The first-order chi connectivity index (χ1) is 35.4. The van der Waals surface area contributed by atoms with Crippen LogP contribution in [0.4, 0.5) is 0 Å². The number of rotatable bonds is 20. The highest BCUT2D eigenvalue weighted by atomic mass is 31.2. The molecule has 2 saturated carbocycles. The number of benzene rings is 4. The summed E-state index contributed by atoms with van der Waals surface area (Å²) in [5.41, 5.74) is 5.50. The summed E-state index contributed by atoms with van der Waals surface area (Å²) >= 11 is 0. The minimum Gasteiger partial charge on any atom is -0.466 e. The van der Waals surface area contributed by atoms with Crippen molar-refractivity contribution in [2.24, 2.45) is 22.7 Å². The molecule has 2 aromatic heterocycles. The van der Waals surface area contributed by atoms with Gasteiger partial charge in [0.15, 0.2) is 13.6 Å². The van der Waals surface area contributed by atoms with Gasteiger partial charge in [0.2, 0.25) is 0 Å². The molecule has 2 heterocycles. The molecule has 8 rings (SSSR count). The fourth-order valence-electron chi connectivity index (χ4n) is 9.21. The lowest BCUT2D eigenvalue weighted by Crippen LogP contribution is -2.23. The fraction of sp³-hybridized carbons (Fsp3) is 0.414. The van der Waals surface area contributed by atoms with Crippen LogP contribution in [0.3, 0.4) is 0 Å². The third kappa shape index (κ3) is 18.5. The van der Waals surface area contributed by atoms with Gasteiger partial charge in [0, 0.05) is 23.5 Å². The molecule has 74 heavy (non-hydrogen) atoms. The Labute approximate surface area is 436 Å². The van der Waals surface area contributed by atoms with Gasteiger partial charge < -0.3 is 29.2 Å². The van der Waals surface area contributed by atoms with Crippen molar-refractivity contribution in [1.82, 2.24) is 9.97 Å². The summed E-state index contributed by atoms with van der Waals surface area (Å²) < 4.78 is 57.8. The van der Waals surface area contributed by atoms with Crippen LogP contribution in [-0.4, -0.2) is 33.3 Å². The zero-order valence-electron chi connectivity index (χ0n) is 43.6. The zero-order chi connectivity index (χ0) is 53.2. The van der Waals surface area contributed by atoms with Crippen LogP contribution in [0.25, 0.3) is 22.3 Å². The van der Waals surface area contributed by atoms with Crippen molar-refractivity contribution in [2.45, 2.75) is 119 Å². The van der Waals surface area contributed by atoms with E-state index in [4.69, 9.17) is 32.8 Å². The van der Waals surface area contributed by atoms with Gasteiger partial charge in [-0.3, -0.25) is 18.6 Å². The molecule has 0 radical (unpaired) electrons. The molecule has 4 N–H and O–H groups in total. The van der Waals surface area contributed by atoms with E-state index >= 15 is 0 Å². The molecule has 4 aromatic carbocycles. The van der Waals surface area contributed by atoms with Crippen molar-refractivity contribution in [3.05, 3.63) is 177 Å². The molecule has 2 fully saturated rings. The monoisotopic (exact) mass is 1050 g/mol. The summed E-state index contributed by atoms with van der Waals surface area (Å²) in [5.74, 6) is 1.59. The number of aromatic nitrogens is 2. The van der Waals surface area contributed by atoms with Gasteiger partial charge >= 0.3 is 15.6 Å². The van der Waals surface area contributed by atoms with Crippen molar-refractivity contribution < 1.29 is 46.5 Å². The Morgan fingerprint density at radius 1 is 0.514 bits per heavy atom. The molecule has 0 spiro atoms. The predicted molar refractivity (Wildman–Crippen MR) is 291 cm³/mol. The van der Waals surface area contributed by atoms with Gasteiger partial charge in [-0.1, -0.05) is 163 Å². The van der Waals surface area contributed by atoms with E-state index in [2.05, 4.69) is 42.2 Å². The quantitative estimate of drug-likeness (QED) is 0.0418. The second-order valence-electron chi connectivity index (χ2n) is 20.3. The van der Waals surface area contributed by atoms with E-state index < -0.39 is 29.2 Å². The molecule has 0 saturated heterocycles. The number of phosphoric ester groups is 2. The molecule has 14 nitrogen and oxygen atoms in total. The average Bonchev–Trinajstić information content (AvgIpc) is 3.38. The number of phosphoric acid groups is 2. The summed E-state index contributed by atoms with van der Waals surface area (Å²) in [6, 6.07) is 40.8. The Morgan fingerprint density at radius 2 is 0.851 bits per heavy atom. The molecular formula is C58H74N2O12P2. The molecule has 0 atom stereocenters. The second kappa shape index (κ2) is 27.4. The van der Waals surface area contributed by atoms with Crippen LogP contribution in [0, 0.1) is 22.7 Å². The number of H-pyrrole nitrogens is 2. The van der Waals surface area contributed by atoms with E-state index in [1.54, 1.807) is 18.2 Å². The lowest BCUT2D eigenvalue weighted by atomic mass is 9.72. The lowest BCUT2D eigenvalue weighted by molar-refractivity contribution is 0.0444. The third-order valence-electron chi connectivity index (χ3n) is 13.5. The van der Waals surface area contributed by atoms with Crippen molar-refractivity contribution in [3.8, 4) is 33.8 Å². The van der Waals surface area contributed by atoms with Crippen LogP contribution in [0.5, 0.6) is 11.5 Å². The van der Waals surface area contributed by atoms with E-state index in [-0.39, 0.29) is 30.1 Å². The van der Waals surface area contributed by atoms with E-state index in [0.717, 1.165) is 73.9 Å². The van der Waals surface area contributed by atoms with Crippen LogP contribution in [0.2, 0.25) is 0 Å². The SMILES string of the molecule is CC.CC1(C)CCC(Cc2cc(OCOP(=O)(O)O)c(-c3ccccc3)c(=O)[nH]2)CC1.CC1(C)CCC(Cc2cc(OCOP(=O)(OCc3ccccc3)OCc3ccccc3)c(-c3ccccc3)c(=O)[nH]2)CC1. The molecule has 0 bridgehead atoms.